The Kier molecular flexibility index (Phi) is 15.5. The van der Waals surface area contributed by atoms with Gasteiger partial charge in [0.15, 0.2) is 5.13 Å². The average Bonchev–Trinajstić information content (AvgIpc) is 3.84. The van der Waals surface area contributed by atoms with Gasteiger partial charge in [0.2, 0.25) is 23.6 Å². The number of ether oxygens (including phenoxy) is 3. The van der Waals surface area contributed by atoms with E-state index in [9.17, 15) is 24.0 Å². The molecule has 3 aromatic rings. The average molecular weight is 805 g/mol. The van der Waals surface area contributed by atoms with Crippen LogP contribution in [0.2, 0.25) is 0 Å². The maximum atomic E-state index is 13.5. The van der Waals surface area contributed by atoms with Gasteiger partial charge in [-0.05, 0) is 43.5 Å². The minimum absolute atomic E-state index is 0.0624. The summed E-state index contributed by atoms with van der Waals surface area (Å²) < 4.78 is 16.9. The van der Waals surface area contributed by atoms with Gasteiger partial charge in [-0.1, -0.05) is 31.4 Å². The zero-order valence-corrected chi connectivity index (χ0v) is 33.0. The van der Waals surface area contributed by atoms with Gasteiger partial charge in [0.1, 0.15) is 11.9 Å². The molecule has 4 heterocycles. The minimum Gasteiger partial charge on any atom is -0.378 e. The number of hydrogen-bond acceptors (Lipinski definition) is 13. The van der Waals surface area contributed by atoms with Crippen LogP contribution in [0, 0.1) is 5.41 Å². The number of piperidine rings is 1. The fourth-order valence-electron chi connectivity index (χ4n) is 7.45. The molecule has 1 atom stereocenters. The third-order valence-corrected chi connectivity index (χ3v) is 11.1. The van der Waals surface area contributed by atoms with Gasteiger partial charge in [-0.2, -0.15) is 0 Å². The van der Waals surface area contributed by atoms with Crippen LogP contribution in [0.4, 0.5) is 16.6 Å². The van der Waals surface area contributed by atoms with E-state index in [2.05, 4.69) is 31.6 Å². The van der Waals surface area contributed by atoms with E-state index >= 15 is 0 Å². The Balaban J connectivity index is 0.773. The van der Waals surface area contributed by atoms with E-state index in [0.29, 0.717) is 82.5 Å². The molecule has 5 N–H and O–H groups in total. The summed E-state index contributed by atoms with van der Waals surface area (Å²) in [7, 11) is 0. The molecular formula is C40H52N8O8S. The maximum absolute atomic E-state index is 13.5. The van der Waals surface area contributed by atoms with Crippen LogP contribution in [-0.4, -0.2) is 110 Å². The summed E-state index contributed by atoms with van der Waals surface area (Å²) in [6.45, 7) is 4.14. The topological polar surface area (TPSA) is 202 Å². The second-order valence-corrected chi connectivity index (χ2v) is 15.3. The minimum atomic E-state index is -0.715. The summed E-state index contributed by atoms with van der Waals surface area (Å²) in [6.07, 6.45) is 7.89. The summed E-state index contributed by atoms with van der Waals surface area (Å²) in [4.78, 5) is 73.6. The third kappa shape index (κ3) is 11.9. The first kappa shape index (κ1) is 41.8. The molecule has 57 heavy (non-hydrogen) atoms. The van der Waals surface area contributed by atoms with Crippen molar-refractivity contribution in [2.75, 3.05) is 69.9 Å². The Labute approximate surface area is 336 Å². The number of carbonyl (C=O) groups excluding carboxylic acids is 5. The number of amides is 5. The largest absolute Gasteiger partial charge is 0.378 e. The SMILES string of the molecule is O=C1CCC(N2Cc3c(NC(=O)CCNCCOCCOCCOCCNC(=O)C4(Cc5cccc(Nc6nccs6)n5)CCCCC4)cccc3C2=O)C(=O)N1. The number of anilines is 3. The lowest BCUT2D eigenvalue weighted by atomic mass is 9.70. The van der Waals surface area contributed by atoms with Gasteiger partial charge in [0.25, 0.3) is 5.91 Å². The molecule has 1 unspecified atom stereocenters. The van der Waals surface area contributed by atoms with Crippen molar-refractivity contribution in [2.24, 2.45) is 5.41 Å². The van der Waals surface area contributed by atoms with E-state index in [4.69, 9.17) is 19.2 Å². The van der Waals surface area contributed by atoms with Crippen molar-refractivity contribution in [1.29, 1.82) is 0 Å². The molecule has 0 bridgehead atoms. The van der Waals surface area contributed by atoms with Crippen molar-refractivity contribution in [2.45, 2.75) is 70.4 Å². The van der Waals surface area contributed by atoms with Crippen molar-refractivity contribution >= 4 is 57.5 Å². The monoisotopic (exact) mass is 804 g/mol. The smallest absolute Gasteiger partial charge is 0.255 e. The van der Waals surface area contributed by atoms with E-state index in [1.165, 1.54) is 16.2 Å². The highest BCUT2D eigenvalue weighted by atomic mass is 32.1. The molecular weight excluding hydrogens is 753 g/mol. The predicted octanol–water partition coefficient (Wildman–Crippen LogP) is 3.32. The molecule has 2 fully saturated rings. The van der Waals surface area contributed by atoms with Crippen LogP contribution in [0.15, 0.2) is 48.0 Å². The molecule has 17 heteroatoms. The van der Waals surface area contributed by atoms with E-state index in [0.717, 1.165) is 48.7 Å². The maximum Gasteiger partial charge on any atom is 0.255 e. The summed E-state index contributed by atoms with van der Waals surface area (Å²) in [5.74, 6) is -0.516. The number of nitrogens with zero attached hydrogens (tertiary/aromatic N) is 3. The second kappa shape index (κ2) is 21.1. The van der Waals surface area contributed by atoms with Crippen molar-refractivity contribution in [3.8, 4) is 0 Å². The lowest BCUT2D eigenvalue weighted by molar-refractivity contribution is -0.137. The number of thiazole rings is 1. The standard InChI is InChI=1S/C40H52N8O8S/c49-34-11-10-32(36(51)47-34)48-27-30-29(37(48)52)7-5-8-31(30)45-35(50)12-15-41-16-19-54-21-23-56-24-22-55-20-17-42-38(53)40(13-2-1-3-14-40)26-28-6-4-9-33(44-28)46-39-43-18-25-57-39/h4-9,18,25,32,41H,1-3,10-17,19-24,26-27H2,(H,42,53)(H,45,50)(H,43,44,46)(H,47,49,51). The number of nitrogens with one attached hydrogen (secondary N) is 5. The summed E-state index contributed by atoms with van der Waals surface area (Å²) >= 11 is 1.51. The zero-order chi connectivity index (χ0) is 39.9. The number of fused-ring (bicyclic) bond motifs is 1. The van der Waals surface area contributed by atoms with Crippen LogP contribution in [-0.2, 0) is 46.4 Å². The van der Waals surface area contributed by atoms with Crippen LogP contribution < -0.4 is 26.6 Å². The van der Waals surface area contributed by atoms with E-state index in [-0.39, 0.29) is 49.4 Å². The Morgan fingerprint density at radius 2 is 1.67 bits per heavy atom. The summed E-state index contributed by atoms with van der Waals surface area (Å²) in [5, 5.41) is 17.4. The van der Waals surface area contributed by atoms with E-state index < -0.39 is 17.4 Å². The number of hydrogen-bond donors (Lipinski definition) is 5. The third-order valence-electron chi connectivity index (χ3n) is 10.4. The Morgan fingerprint density at radius 1 is 0.912 bits per heavy atom. The fourth-order valence-corrected chi connectivity index (χ4v) is 7.99. The first-order chi connectivity index (χ1) is 27.8. The predicted molar refractivity (Wildman–Crippen MR) is 213 cm³/mol. The molecule has 0 spiro atoms. The normalized spacial score (nSPS) is 17.6. The molecule has 16 nitrogen and oxygen atoms in total. The van der Waals surface area contributed by atoms with E-state index in [1.807, 2.05) is 23.6 Å². The second-order valence-electron chi connectivity index (χ2n) is 14.4. The van der Waals surface area contributed by atoms with Crippen LogP contribution in [0.25, 0.3) is 0 Å². The van der Waals surface area contributed by atoms with Crippen molar-refractivity contribution < 1.29 is 38.2 Å². The van der Waals surface area contributed by atoms with Gasteiger partial charge in [-0.15, -0.1) is 11.3 Å². The van der Waals surface area contributed by atoms with Gasteiger partial charge in [-0.25, -0.2) is 9.97 Å². The summed E-state index contributed by atoms with van der Waals surface area (Å²) in [6, 6.07) is 10.3. The van der Waals surface area contributed by atoms with Crippen molar-refractivity contribution in [1.82, 2.24) is 30.8 Å². The highest BCUT2D eigenvalue weighted by Crippen LogP contribution is 2.39. The number of imide groups is 1. The van der Waals surface area contributed by atoms with Crippen LogP contribution in [0.1, 0.15) is 73.0 Å². The summed E-state index contributed by atoms with van der Waals surface area (Å²) in [5.41, 5.74) is 2.06. The Bertz CT molecular complexity index is 1840. The van der Waals surface area contributed by atoms with E-state index in [1.54, 1.807) is 24.4 Å². The molecule has 1 saturated carbocycles. The fraction of sp³-hybridized carbons (Fsp3) is 0.525. The number of benzene rings is 1. The Hall–Kier alpha value is -4.81. The van der Waals surface area contributed by atoms with Gasteiger partial charge in [0.05, 0.1) is 45.1 Å². The van der Waals surface area contributed by atoms with Crippen molar-refractivity contribution in [3.63, 3.8) is 0 Å². The first-order valence-corrected chi connectivity index (χ1v) is 20.6. The molecule has 1 aromatic carbocycles. The number of carbonyl (C=O) groups is 5. The van der Waals surface area contributed by atoms with Gasteiger partial charge < -0.3 is 40.4 Å². The van der Waals surface area contributed by atoms with Gasteiger partial charge in [0, 0.05) is 79.5 Å². The highest BCUT2D eigenvalue weighted by Gasteiger charge is 2.41. The van der Waals surface area contributed by atoms with Gasteiger partial charge in [-0.3, -0.25) is 29.3 Å². The first-order valence-electron chi connectivity index (χ1n) is 19.7. The van der Waals surface area contributed by atoms with Gasteiger partial charge >= 0.3 is 0 Å². The van der Waals surface area contributed by atoms with Crippen LogP contribution in [0.3, 0.4) is 0 Å². The van der Waals surface area contributed by atoms with Crippen LogP contribution in [0.5, 0.6) is 0 Å². The molecule has 3 aliphatic rings. The number of pyridine rings is 1. The molecule has 6 rings (SSSR count). The highest BCUT2D eigenvalue weighted by molar-refractivity contribution is 7.13. The van der Waals surface area contributed by atoms with Crippen molar-refractivity contribution in [3.05, 3.63) is 64.8 Å². The quantitative estimate of drug-likeness (QED) is 0.0734. The molecule has 2 aromatic heterocycles. The molecule has 2 aliphatic heterocycles. The molecule has 0 radical (unpaired) electrons. The number of rotatable bonds is 22. The number of aromatic nitrogens is 2. The lowest BCUT2D eigenvalue weighted by Gasteiger charge is -2.35. The molecule has 1 saturated heterocycles. The molecule has 306 valence electrons. The van der Waals surface area contributed by atoms with Crippen LogP contribution >= 0.6 is 11.3 Å². The molecule has 5 amide bonds. The Morgan fingerprint density at radius 3 is 2.42 bits per heavy atom. The lowest BCUT2D eigenvalue weighted by Crippen LogP contribution is -2.52. The molecule has 1 aliphatic carbocycles. The zero-order valence-electron chi connectivity index (χ0n) is 32.1.